The summed E-state index contributed by atoms with van der Waals surface area (Å²) in [6, 6.07) is 17.9. The molecule has 148 valence electrons. The molecule has 0 fully saturated rings. The third-order valence-electron chi connectivity index (χ3n) is 4.46. The predicted octanol–water partition coefficient (Wildman–Crippen LogP) is 4.46. The molecule has 0 unspecified atom stereocenters. The summed E-state index contributed by atoms with van der Waals surface area (Å²) in [6.45, 7) is 0. The molecule has 0 atom stereocenters. The van der Waals surface area contributed by atoms with Crippen LogP contribution in [0.3, 0.4) is 0 Å². The highest BCUT2D eigenvalue weighted by atomic mass is 19.1. The maximum Gasteiger partial charge on any atom is 0.337 e. The van der Waals surface area contributed by atoms with Gasteiger partial charge in [-0.3, -0.25) is 4.79 Å². The lowest BCUT2D eigenvalue weighted by molar-refractivity contribution is 0.0600. The van der Waals surface area contributed by atoms with Gasteiger partial charge in [0.05, 0.1) is 19.8 Å². The van der Waals surface area contributed by atoms with E-state index < -0.39 is 5.97 Å². The molecule has 29 heavy (non-hydrogen) atoms. The SMILES string of the molecule is COC(=O)c1ccc(C(=O)Nc2ccccc2Cc2ccc(F)cc2OC)cc1. The average molecular weight is 393 g/mol. The average Bonchev–Trinajstić information content (AvgIpc) is 2.75. The smallest absolute Gasteiger partial charge is 0.337 e. The van der Waals surface area contributed by atoms with Gasteiger partial charge in [0, 0.05) is 23.7 Å². The number of para-hydroxylation sites is 1. The van der Waals surface area contributed by atoms with Gasteiger partial charge in [0.25, 0.3) is 5.91 Å². The summed E-state index contributed by atoms with van der Waals surface area (Å²) < 4.78 is 23.4. The monoisotopic (exact) mass is 393 g/mol. The number of anilines is 1. The first kappa shape index (κ1) is 20.1. The van der Waals surface area contributed by atoms with Gasteiger partial charge in [-0.1, -0.05) is 24.3 Å². The molecule has 0 saturated heterocycles. The highest BCUT2D eigenvalue weighted by molar-refractivity contribution is 6.05. The van der Waals surface area contributed by atoms with Crippen LogP contribution in [0.5, 0.6) is 5.75 Å². The van der Waals surface area contributed by atoms with Crippen molar-refractivity contribution in [3.05, 3.63) is 94.8 Å². The first-order valence-corrected chi connectivity index (χ1v) is 8.92. The van der Waals surface area contributed by atoms with E-state index in [9.17, 15) is 14.0 Å². The third-order valence-corrected chi connectivity index (χ3v) is 4.46. The number of rotatable bonds is 6. The first-order chi connectivity index (χ1) is 14.0. The number of carbonyl (C=O) groups is 2. The van der Waals surface area contributed by atoms with Crippen molar-refractivity contribution in [2.75, 3.05) is 19.5 Å². The molecule has 6 heteroatoms. The highest BCUT2D eigenvalue weighted by Crippen LogP contribution is 2.26. The molecule has 0 bridgehead atoms. The van der Waals surface area contributed by atoms with Crippen molar-refractivity contribution < 1.29 is 23.5 Å². The minimum atomic E-state index is -0.462. The van der Waals surface area contributed by atoms with Crippen molar-refractivity contribution in [1.29, 1.82) is 0 Å². The van der Waals surface area contributed by atoms with Gasteiger partial charge >= 0.3 is 5.97 Å². The number of halogens is 1. The predicted molar refractivity (Wildman–Crippen MR) is 108 cm³/mol. The highest BCUT2D eigenvalue weighted by Gasteiger charge is 2.13. The number of esters is 1. The maximum atomic E-state index is 13.4. The Morgan fingerprint density at radius 2 is 1.59 bits per heavy atom. The van der Waals surface area contributed by atoms with Crippen molar-refractivity contribution in [1.82, 2.24) is 0 Å². The summed E-state index contributed by atoms with van der Waals surface area (Å²) in [5.41, 5.74) is 3.08. The van der Waals surface area contributed by atoms with Crippen LogP contribution < -0.4 is 10.1 Å². The van der Waals surface area contributed by atoms with Crippen LogP contribution in [0.15, 0.2) is 66.7 Å². The summed E-state index contributed by atoms with van der Waals surface area (Å²) in [4.78, 5) is 24.2. The van der Waals surface area contributed by atoms with E-state index in [1.165, 1.54) is 38.5 Å². The van der Waals surface area contributed by atoms with E-state index in [2.05, 4.69) is 10.1 Å². The van der Waals surface area contributed by atoms with Gasteiger partial charge in [0.1, 0.15) is 11.6 Å². The van der Waals surface area contributed by atoms with Crippen molar-refractivity contribution >= 4 is 17.6 Å². The van der Waals surface area contributed by atoms with Crippen LogP contribution in [0.4, 0.5) is 10.1 Å². The van der Waals surface area contributed by atoms with Crippen LogP contribution in [0.25, 0.3) is 0 Å². The molecule has 1 N–H and O–H groups in total. The second kappa shape index (κ2) is 9.01. The van der Waals surface area contributed by atoms with Gasteiger partial charge in [-0.2, -0.15) is 0 Å². The van der Waals surface area contributed by atoms with E-state index in [4.69, 9.17) is 4.74 Å². The van der Waals surface area contributed by atoms with E-state index in [1.807, 2.05) is 18.2 Å². The second-order valence-electron chi connectivity index (χ2n) is 6.31. The third kappa shape index (κ3) is 4.79. The van der Waals surface area contributed by atoms with Gasteiger partial charge < -0.3 is 14.8 Å². The van der Waals surface area contributed by atoms with Crippen LogP contribution in [0.1, 0.15) is 31.8 Å². The van der Waals surface area contributed by atoms with Crippen LogP contribution in [0, 0.1) is 5.82 Å². The lowest BCUT2D eigenvalue weighted by Gasteiger charge is -2.13. The summed E-state index contributed by atoms with van der Waals surface area (Å²) in [7, 11) is 2.79. The second-order valence-corrected chi connectivity index (χ2v) is 6.31. The zero-order chi connectivity index (χ0) is 20.8. The van der Waals surface area contributed by atoms with Gasteiger partial charge in [0.2, 0.25) is 0 Å². The van der Waals surface area contributed by atoms with E-state index >= 15 is 0 Å². The number of carbonyl (C=O) groups excluding carboxylic acids is 2. The molecule has 0 aliphatic carbocycles. The molecule has 0 saturated carbocycles. The van der Waals surface area contributed by atoms with Gasteiger partial charge in [-0.25, -0.2) is 9.18 Å². The zero-order valence-electron chi connectivity index (χ0n) is 16.1. The molecule has 3 aromatic rings. The molecule has 0 radical (unpaired) electrons. The van der Waals surface area contributed by atoms with E-state index in [0.717, 1.165) is 11.1 Å². The fourth-order valence-corrected chi connectivity index (χ4v) is 2.94. The number of methoxy groups -OCH3 is 2. The fraction of sp³-hybridized carbons (Fsp3) is 0.130. The Morgan fingerprint density at radius 1 is 0.897 bits per heavy atom. The Bertz CT molecular complexity index is 1030. The Kier molecular flexibility index (Phi) is 6.24. The number of amides is 1. The van der Waals surface area contributed by atoms with Crippen LogP contribution >= 0.6 is 0 Å². The Hall–Kier alpha value is -3.67. The molecule has 5 nitrogen and oxygen atoms in total. The minimum absolute atomic E-state index is 0.306. The van der Waals surface area contributed by atoms with Crippen LogP contribution in [-0.2, 0) is 11.2 Å². The Morgan fingerprint density at radius 3 is 2.28 bits per heavy atom. The first-order valence-electron chi connectivity index (χ1n) is 8.92. The van der Waals surface area contributed by atoms with Gasteiger partial charge in [-0.15, -0.1) is 0 Å². The molecule has 0 aliphatic heterocycles. The topological polar surface area (TPSA) is 64.6 Å². The molecular weight excluding hydrogens is 373 g/mol. The van der Waals surface area contributed by atoms with Gasteiger partial charge in [-0.05, 0) is 47.5 Å². The van der Waals surface area contributed by atoms with E-state index in [1.54, 1.807) is 24.3 Å². The van der Waals surface area contributed by atoms with Crippen molar-refractivity contribution in [2.45, 2.75) is 6.42 Å². The molecule has 3 rings (SSSR count). The molecule has 0 spiro atoms. The van der Waals surface area contributed by atoms with Gasteiger partial charge in [0.15, 0.2) is 0 Å². The summed E-state index contributed by atoms with van der Waals surface area (Å²) >= 11 is 0. The zero-order valence-corrected chi connectivity index (χ0v) is 16.1. The number of ether oxygens (including phenoxy) is 2. The summed E-state index contributed by atoms with van der Waals surface area (Å²) in [5, 5.41) is 2.89. The molecule has 1 amide bonds. The standard InChI is InChI=1S/C23H20FNO4/c1-28-21-14-19(24)12-11-18(21)13-17-5-3-4-6-20(17)25-22(26)15-7-9-16(10-8-15)23(27)29-2/h3-12,14H,13H2,1-2H3,(H,25,26). The molecule has 0 aromatic heterocycles. The van der Waals surface area contributed by atoms with Crippen molar-refractivity contribution in [3.8, 4) is 5.75 Å². The van der Waals surface area contributed by atoms with Crippen molar-refractivity contribution in [2.24, 2.45) is 0 Å². The lowest BCUT2D eigenvalue weighted by atomic mass is 10.0. The van der Waals surface area contributed by atoms with E-state index in [0.29, 0.717) is 29.0 Å². The number of hydrogen-bond acceptors (Lipinski definition) is 4. The molecular formula is C23H20FNO4. The Balaban J connectivity index is 1.80. The molecule has 0 aliphatic rings. The Labute approximate surface area is 168 Å². The normalized spacial score (nSPS) is 10.3. The number of benzene rings is 3. The van der Waals surface area contributed by atoms with E-state index in [-0.39, 0.29) is 11.7 Å². The number of nitrogens with one attached hydrogen (secondary N) is 1. The number of hydrogen-bond donors (Lipinski definition) is 1. The van der Waals surface area contributed by atoms with Crippen molar-refractivity contribution in [3.63, 3.8) is 0 Å². The molecule has 3 aromatic carbocycles. The quantitative estimate of drug-likeness (QED) is 0.628. The van der Waals surface area contributed by atoms with Crippen LogP contribution in [-0.4, -0.2) is 26.1 Å². The summed E-state index contributed by atoms with van der Waals surface area (Å²) in [6.07, 6.45) is 0.460. The lowest BCUT2D eigenvalue weighted by Crippen LogP contribution is -2.14. The molecule has 0 heterocycles. The van der Waals surface area contributed by atoms with Crippen LogP contribution in [0.2, 0.25) is 0 Å². The largest absolute Gasteiger partial charge is 0.496 e. The maximum absolute atomic E-state index is 13.4. The summed E-state index contributed by atoms with van der Waals surface area (Å²) in [5.74, 6) is -0.692. The minimum Gasteiger partial charge on any atom is -0.496 e. The fourth-order valence-electron chi connectivity index (χ4n) is 2.94.